The van der Waals surface area contributed by atoms with Gasteiger partial charge in [0.2, 0.25) is 0 Å². The lowest BCUT2D eigenvalue weighted by atomic mass is 9.92. The highest BCUT2D eigenvalue weighted by molar-refractivity contribution is 5.30. The zero-order valence-corrected chi connectivity index (χ0v) is 10.1. The molecule has 0 saturated carbocycles. The van der Waals surface area contributed by atoms with Crippen molar-refractivity contribution in [1.82, 2.24) is 10.3 Å². The van der Waals surface area contributed by atoms with Gasteiger partial charge in [-0.25, -0.2) is 4.98 Å². The zero-order chi connectivity index (χ0) is 12.1. The molecule has 0 amide bonds. The first-order chi connectivity index (χ1) is 8.23. The Hall–Kier alpha value is -1.44. The molecule has 0 atom stereocenters. The van der Waals surface area contributed by atoms with Gasteiger partial charge < -0.3 is 10.1 Å². The maximum Gasteiger partial charge on any atom is 0.144 e. The molecule has 0 spiro atoms. The Bertz CT molecular complexity index is 419. The lowest BCUT2D eigenvalue weighted by Gasteiger charge is -2.34. The van der Waals surface area contributed by atoms with Crippen molar-refractivity contribution in [3.63, 3.8) is 0 Å². The predicted molar refractivity (Wildman–Crippen MR) is 64.2 cm³/mol. The first-order valence-electron chi connectivity index (χ1n) is 5.90. The molecule has 1 aromatic rings. The van der Waals surface area contributed by atoms with Crippen LogP contribution in [0.3, 0.4) is 0 Å². The number of hydrogen-bond acceptors (Lipinski definition) is 4. The van der Waals surface area contributed by atoms with Crippen molar-refractivity contribution < 1.29 is 4.74 Å². The molecule has 17 heavy (non-hydrogen) atoms. The zero-order valence-electron chi connectivity index (χ0n) is 10.1. The van der Waals surface area contributed by atoms with Crippen LogP contribution in [0.1, 0.15) is 31.0 Å². The smallest absolute Gasteiger partial charge is 0.144 e. The molecule has 4 heteroatoms. The van der Waals surface area contributed by atoms with Gasteiger partial charge in [-0.2, -0.15) is 5.26 Å². The van der Waals surface area contributed by atoms with Crippen LogP contribution in [0.4, 0.5) is 0 Å². The van der Waals surface area contributed by atoms with Crippen LogP contribution in [0.25, 0.3) is 0 Å². The Morgan fingerprint density at radius 3 is 3.00 bits per heavy atom. The Morgan fingerprint density at radius 1 is 1.53 bits per heavy atom. The molecule has 0 radical (unpaired) electrons. The summed E-state index contributed by atoms with van der Waals surface area (Å²) >= 11 is 0. The van der Waals surface area contributed by atoms with Crippen molar-refractivity contribution in [3.05, 3.63) is 29.6 Å². The molecule has 0 aromatic carbocycles. The number of nitriles is 1. The lowest BCUT2D eigenvalue weighted by molar-refractivity contribution is 0.0446. The van der Waals surface area contributed by atoms with Crippen LogP contribution in [0.2, 0.25) is 0 Å². The van der Waals surface area contributed by atoms with Crippen molar-refractivity contribution in [3.8, 4) is 6.07 Å². The molecule has 4 nitrogen and oxygen atoms in total. The van der Waals surface area contributed by atoms with Gasteiger partial charge in [0.05, 0.1) is 0 Å². The molecular weight excluding hydrogens is 214 g/mol. The van der Waals surface area contributed by atoms with Crippen molar-refractivity contribution in [2.45, 2.75) is 31.8 Å². The normalized spacial score (nSPS) is 18.6. The number of pyridine rings is 1. The summed E-state index contributed by atoms with van der Waals surface area (Å²) in [5.74, 6) is 0. The number of hydrogen-bond donors (Lipinski definition) is 1. The van der Waals surface area contributed by atoms with E-state index in [9.17, 15) is 0 Å². The van der Waals surface area contributed by atoms with E-state index in [-0.39, 0.29) is 5.54 Å². The van der Waals surface area contributed by atoms with Crippen molar-refractivity contribution >= 4 is 0 Å². The van der Waals surface area contributed by atoms with E-state index in [1.165, 1.54) is 0 Å². The van der Waals surface area contributed by atoms with Gasteiger partial charge in [0.25, 0.3) is 0 Å². The highest BCUT2D eigenvalue weighted by Gasteiger charge is 2.26. The van der Waals surface area contributed by atoms with Crippen LogP contribution in [0.5, 0.6) is 0 Å². The molecule has 1 aliphatic rings. The minimum atomic E-state index is 0.112. The molecule has 1 fully saturated rings. The van der Waals surface area contributed by atoms with Crippen LogP contribution in [-0.2, 0) is 11.3 Å². The second-order valence-electron chi connectivity index (χ2n) is 4.65. The second-order valence-corrected chi connectivity index (χ2v) is 4.65. The van der Waals surface area contributed by atoms with E-state index in [0.717, 1.165) is 31.6 Å². The van der Waals surface area contributed by atoms with Crippen LogP contribution in [0, 0.1) is 11.3 Å². The van der Waals surface area contributed by atoms with Crippen LogP contribution in [-0.4, -0.2) is 23.7 Å². The molecular formula is C13H17N3O. The summed E-state index contributed by atoms with van der Waals surface area (Å²) in [5.41, 5.74) is 1.58. The molecule has 2 rings (SSSR count). The Balaban J connectivity index is 2.00. The third-order valence-corrected chi connectivity index (χ3v) is 3.30. The largest absolute Gasteiger partial charge is 0.381 e. The van der Waals surface area contributed by atoms with Crippen LogP contribution >= 0.6 is 0 Å². The first-order valence-corrected chi connectivity index (χ1v) is 5.90. The quantitative estimate of drug-likeness (QED) is 0.858. The number of rotatable bonds is 3. The van der Waals surface area contributed by atoms with Gasteiger partial charge in [0.1, 0.15) is 11.8 Å². The van der Waals surface area contributed by atoms with Gasteiger partial charge in [-0.3, -0.25) is 0 Å². The van der Waals surface area contributed by atoms with E-state index < -0.39 is 0 Å². The van der Waals surface area contributed by atoms with Crippen molar-refractivity contribution in [2.24, 2.45) is 0 Å². The number of nitrogens with zero attached hydrogens (tertiary/aromatic N) is 2. The molecule has 1 aliphatic heterocycles. The fourth-order valence-corrected chi connectivity index (χ4v) is 1.99. The molecule has 0 unspecified atom stereocenters. The summed E-state index contributed by atoms with van der Waals surface area (Å²) in [7, 11) is 0. The standard InChI is InChI=1S/C13H17N3O/c1-13(4-7-17-8-5-13)16-10-11-3-2-6-15-12(11)9-14/h2-3,6,16H,4-5,7-8,10H2,1H3. The van der Waals surface area contributed by atoms with E-state index >= 15 is 0 Å². The summed E-state index contributed by atoms with van der Waals surface area (Å²) in [6.45, 7) is 4.51. The Morgan fingerprint density at radius 2 is 2.29 bits per heavy atom. The monoisotopic (exact) mass is 231 g/mol. The molecule has 0 aliphatic carbocycles. The van der Waals surface area contributed by atoms with Gasteiger partial charge >= 0.3 is 0 Å². The lowest BCUT2D eigenvalue weighted by Crippen LogP contribution is -2.46. The summed E-state index contributed by atoms with van der Waals surface area (Å²) in [6, 6.07) is 5.93. The van der Waals surface area contributed by atoms with Gasteiger partial charge in [-0.1, -0.05) is 6.07 Å². The van der Waals surface area contributed by atoms with Gasteiger partial charge in [0.15, 0.2) is 0 Å². The SMILES string of the molecule is CC1(NCc2cccnc2C#N)CCOCC1. The third-order valence-electron chi connectivity index (χ3n) is 3.30. The highest BCUT2D eigenvalue weighted by Crippen LogP contribution is 2.20. The van der Waals surface area contributed by atoms with E-state index in [0.29, 0.717) is 12.2 Å². The van der Waals surface area contributed by atoms with E-state index in [1.807, 2.05) is 12.1 Å². The number of nitrogens with one attached hydrogen (secondary N) is 1. The first kappa shape index (κ1) is 12.0. The molecule has 90 valence electrons. The minimum absolute atomic E-state index is 0.112. The van der Waals surface area contributed by atoms with Crippen molar-refractivity contribution in [1.29, 1.82) is 5.26 Å². The molecule has 1 saturated heterocycles. The van der Waals surface area contributed by atoms with Crippen LogP contribution in [0.15, 0.2) is 18.3 Å². The predicted octanol–water partition coefficient (Wildman–Crippen LogP) is 1.61. The van der Waals surface area contributed by atoms with Crippen LogP contribution < -0.4 is 5.32 Å². The van der Waals surface area contributed by atoms with E-state index in [4.69, 9.17) is 10.00 Å². The van der Waals surface area contributed by atoms with Gasteiger partial charge in [-0.05, 0) is 25.8 Å². The fraction of sp³-hybridized carbons (Fsp3) is 0.538. The molecule has 2 heterocycles. The molecule has 1 N–H and O–H groups in total. The van der Waals surface area contributed by atoms with Gasteiger partial charge in [-0.15, -0.1) is 0 Å². The molecule has 1 aromatic heterocycles. The van der Waals surface area contributed by atoms with Gasteiger partial charge in [0, 0.05) is 37.1 Å². The van der Waals surface area contributed by atoms with E-state index in [2.05, 4.69) is 23.3 Å². The average Bonchev–Trinajstić information content (AvgIpc) is 2.38. The van der Waals surface area contributed by atoms with E-state index in [1.54, 1.807) is 6.20 Å². The minimum Gasteiger partial charge on any atom is -0.381 e. The summed E-state index contributed by atoms with van der Waals surface area (Å²) in [5, 5.41) is 12.5. The third kappa shape index (κ3) is 3.02. The number of aromatic nitrogens is 1. The maximum absolute atomic E-state index is 8.96. The Labute approximate surface area is 102 Å². The summed E-state index contributed by atoms with van der Waals surface area (Å²) in [6.07, 6.45) is 3.67. The topological polar surface area (TPSA) is 57.9 Å². The number of ether oxygens (including phenoxy) is 1. The molecule has 0 bridgehead atoms. The fourth-order valence-electron chi connectivity index (χ4n) is 1.99. The summed E-state index contributed by atoms with van der Waals surface area (Å²) < 4.78 is 5.36. The summed E-state index contributed by atoms with van der Waals surface area (Å²) in [4.78, 5) is 4.06. The maximum atomic E-state index is 8.96. The second kappa shape index (κ2) is 5.26. The average molecular weight is 231 g/mol. The highest BCUT2D eigenvalue weighted by atomic mass is 16.5. The van der Waals surface area contributed by atoms with Crippen molar-refractivity contribution in [2.75, 3.05) is 13.2 Å². The Kier molecular flexibility index (Phi) is 3.72.